The second-order valence-electron chi connectivity index (χ2n) is 10.2. The van der Waals surface area contributed by atoms with Crippen LogP contribution < -0.4 is 4.74 Å². The summed E-state index contributed by atoms with van der Waals surface area (Å²) in [5, 5.41) is 12.9. The van der Waals surface area contributed by atoms with Gasteiger partial charge in [-0.15, -0.1) is 10.2 Å². The van der Waals surface area contributed by atoms with E-state index < -0.39 is 0 Å². The first-order valence-corrected chi connectivity index (χ1v) is 10.4. The number of ether oxygens (including phenoxy) is 1. The molecule has 6 heteroatoms. The van der Waals surface area contributed by atoms with Crippen LogP contribution in [0, 0.1) is 23.7 Å². The Morgan fingerprint density at radius 1 is 1.18 bits per heavy atom. The normalized spacial score (nSPS) is 19.5. The zero-order chi connectivity index (χ0) is 19.9. The molecule has 0 amide bonds. The molecule has 1 aliphatic carbocycles. The molecule has 0 N–H and O–H groups in total. The van der Waals surface area contributed by atoms with Crippen molar-refractivity contribution in [1.82, 2.24) is 24.9 Å². The molecule has 0 bridgehead atoms. The van der Waals surface area contributed by atoms with Crippen molar-refractivity contribution >= 4 is 0 Å². The Kier molecular flexibility index (Phi) is 4.94. The van der Waals surface area contributed by atoms with Crippen LogP contribution in [0.5, 0.6) is 5.88 Å². The van der Waals surface area contributed by atoms with Gasteiger partial charge in [0.15, 0.2) is 0 Å². The van der Waals surface area contributed by atoms with Crippen LogP contribution in [-0.2, 0) is 7.05 Å². The van der Waals surface area contributed by atoms with Gasteiger partial charge in [0.05, 0.1) is 18.0 Å². The number of likely N-dealkylation sites (tertiary alicyclic amines) is 1. The predicted octanol–water partition coefficient (Wildman–Crippen LogP) is 3.71. The second kappa shape index (κ2) is 7.14. The topological polar surface area (TPSA) is 56.1 Å². The molecule has 2 aromatic heterocycles. The molecule has 0 unspecified atom stereocenters. The summed E-state index contributed by atoms with van der Waals surface area (Å²) in [4.78, 5) is 2.62. The molecule has 152 valence electrons. The maximum atomic E-state index is 5.91. The average Bonchev–Trinajstić information content (AvgIpc) is 2.89. The molecule has 6 nitrogen and oxygen atoms in total. The highest BCUT2D eigenvalue weighted by Gasteiger charge is 2.52. The Bertz CT molecular complexity index is 806. The van der Waals surface area contributed by atoms with Gasteiger partial charge in [0.25, 0.3) is 0 Å². The lowest BCUT2D eigenvalue weighted by atomic mass is 9.58. The van der Waals surface area contributed by atoms with Crippen molar-refractivity contribution in [2.24, 2.45) is 23.8 Å². The first kappa shape index (κ1) is 19.4. The van der Waals surface area contributed by atoms with Crippen molar-refractivity contribution in [3.8, 4) is 17.1 Å². The van der Waals surface area contributed by atoms with Gasteiger partial charge in [-0.25, -0.2) is 0 Å². The summed E-state index contributed by atoms with van der Waals surface area (Å²) in [6, 6.07) is 3.88. The number of aryl methyl sites for hydroxylation is 2. The molecule has 3 heterocycles. The van der Waals surface area contributed by atoms with Crippen molar-refractivity contribution in [2.75, 3.05) is 26.2 Å². The number of hydrogen-bond donors (Lipinski definition) is 0. The number of hydrogen-bond acceptors (Lipinski definition) is 5. The number of nitrogens with zero attached hydrogens (tertiary/aromatic N) is 5. The Balaban J connectivity index is 1.19. The minimum Gasteiger partial charge on any atom is -0.476 e. The SMILES string of the molecule is Cc1nn(C)cc1-c1ccc(OCC2CC3(C2)CN(CCC(C)(C)C)C3)nn1. The molecule has 1 aliphatic heterocycles. The zero-order valence-corrected chi connectivity index (χ0v) is 17.9. The third-order valence-corrected chi connectivity index (χ3v) is 6.14. The minimum atomic E-state index is 0.436. The van der Waals surface area contributed by atoms with Crippen molar-refractivity contribution in [1.29, 1.82) is 0 Å². The van der Waals surface area contributed by atoms with Gasteiger partial charge in [0.1, 0.15) is 0 Å². The van der Waals surface area contributed by atoms with Crippen molar-refractivity contribution in [3.63, 3.8) is 0 Å². The number of rotatable bonds is 6. The van der Waals surface area contributed by atoms with Gasteiger partial charge < -0.3 is 9.64 Å². The highest BCUT2D eigenvalue weighted by atomic mass is 16.5. The smallest absolute Gasteiger partial charge is 0.233 e. The maximum Gasteiger partial charge on any atom is 0.233 e. The van der Waals surface area contributed by atoms with Crippen LogP contribution in [0.1, 0.15) is 45.7 Å². The summed E-state index contributed by atoms with van der Waals surface area (Å²) in [7, 11) is 1.92. The molecular formula is C22H33N5O. The highest BCUT2D eigenvalue weighted by Crippen LogP contribution is 2.52. The molecule has 28 heavy (non-hydrogen) atoms. The summed E-state index contributed by atoms with van der Waals surface area (Å²) in [5.74, 6) is 1.28. The Hall–Kier alpha value is -1.95. The van der Waals surface area contributed by atoms with Crippen LogP contribution >= 0.6 is 0 Å². The molecule has 2 fully saturated rings. The van der Waals surface area contributed by atoms with Crippen molar-refractivity contribution in [3.05, 3.63) is 24.0 Å². The highest BCUT2D eigenvalue weighted by molar-refractivity contribution is 5.60. The van der Waals surface area contributed by atoms with Crippen LogP contribution in [0.25, 0.3) is 11.3 Å². The lowest BCUT2D eigenvalue weighted by molar-refractivity contribution is -0.105. The monoisotopic (exact) mass is 383 g/mol. The van der Waals surface area contributed by atoms with E-state index in [2.05, 4.69) is 41.0 Å². The first-order valence-electron chi connectivity index (χ1n) is 10.4. The lowest BCUT2D eigenvalue weighted by Gasteiger charge is -2.59. The lowest BCUT2D eigenvalue weighted by Crippen LogP contribution is -2.63. The van der Waals surface area contributed by atoms with Crippen LogP contribution in [0.3, 0.4) is 0 Å². The first-order chi connectivity index (χ1) is 13.2. The largest absolute Gasteiger partial charge is 0.476 e. The summed E-state index contributed by atoms with van der Waals surface area (Å²) < 4.78 is 7.71. The molecule has 0 aromatic carbocycles. The van der Waals surface area contributed by atoms with E-state index in [-0.39, 0.29) is 0 Å². The molecule has 1 saturated carbocycles. The van der Waals surface area contributed by atoms with Gasteiger partial charge >= 0.3 is 0 Å². The second-order valence-corrected chi connectivity index (χ2v) is 10.2. The van der Waals surface area contributed by atoms with Crippen molar-refractivity contribution < 1.29 is 4.74 Å². The third kappa shape index (κ3) is 4.22. The Morgan fingerprint density at radius 3 is 2.50 bits per heavy atom. The van der Waals surface area contributed by atoms with Crippen LogP contribution in [-0.4, -0.2) is 51.1 Å². The van der Waals surface area contributed by atoms with E-state index in [9.17, 15) is 0 Å². The van der Waals surface area contributed by atoms with Gasteiger partial charge in [-0.3, -0.25) is 4.68 Å². The van der Waals surface area contributed by atoms with E-state index in [0.29, 0.717) is 22.6 Å². The zero-order valence-electron chi connectivity index (χ0n) is 17.9. The van der Waals surface area contributed by atoms with Crippen LogP contribution in [0.4, 0.5) is 0 Å². The fourth-order valence-corrected chi connectivity index (χ4v) is 4.69. The fraction of sp³-hybridized carbons (Fsp3) is 0.682. The summed E-state index contributed by atoms with van der Waals surface area (Å²) in [5.41, 5.74) is 3.83. The summed E-state index contributed by atoms with van der Waals surface area (Å²) in [6.45, 7) is 13.5. The Labute approximate surface area is 168 Å². The molecule has 0 atom stereocenters. The van der Waals surface area contributed by atoms with E-state index in [4.69, 9.17) is 4.74 Å². The maximum absolute atomic E-state index is 5.91. The number of aromatic nitrogens is 4. The van der Waals surface area contributed by atoms with Crippen molar-refractivity contribution in [2.45, 2.75) is 47.0 Å². The molecule has 4 rings (SSSR count). The molecule has 1 spiro atoms. The van der Waals surface area contributed by atoms with Gasteiger partial charge in [0, 0.05) is 38.0 Å². The average molecular weight is 384 g/mol. The summed E-state index contributed by atoms with van der Waals surface area (Å²) >= 11 is 0. The molecular weight excluding hydrogens is 350 g/mol. The van der Waals surface area contributed by atoms with Gasteiger partial charge in [-0.2, -0.15) is 5.10 Å². The predicted molar refractivity (Wildman–Crippen MR) is 110 cm³/mol. The standard InChI is InChI=1S/C22H33N5O/c1-16-18(12-26(5)25-16)19-6-7-20(24-23-19)28-13-17-10-22(11-17)14-27(15-22)9-8-21(2,3)4/h6-7,12,17H,8-11,13-15H2,1-5H3. The van der Waals surface area contributed by atoms with Crippen LogP contribution in [0.2, 0.25) is 0 Å². The summed E-state index contributed by atoms with van der Waals surface area (Å²) in [6.07, 6.45) is 5.83. The van der Waals surface area contributed by atoms with Gasteiger partial charge in [-0.1, -0.05) is 20.8 Å². The van der Waals surface area contributed by atoms with E-state index in [1.807, 2.05) is 32.3 Å². The Morgan fingerprint density at radius 2 is 1.93 bits per heavy atom. The minimum absolute atomic E-state index is 0.436. The molecule has 1 saturated heterocycles. The van der Waals surface area contributed by atoms with Gasteiger partial charge in [0.2, 0.25) is 5.88 Å². The molecule has 2 aromatic rings. The van der Waals surface area contributed by atoms with E-state index in [1.165, 1.54) is 38.9 Å². The van der Waals surface area contributed by atoms with E-state index in [0.717, 1.165) is 23.6 Å². The fourth-order valence-electron chi connectivity index (χ4n) is 4.69. The quantitative estimate of drug-likeness (QED) is 0.761. The van der Waals surface area contributed by atoms with E-state index in [1.54, 1.807) is 4.68 Å². The van der Waals surface area contributed by atoms with Crippen LogP contribution in [0.15, 0.2) is 18.3 Å². The third-order valence-electron chi connectivity index (χ3n) is 6.14. The molecule has 0 radical (unpaired) electrons. The molecule has 2 aliphatic rings. The van der Waals surface area contributed by atoms with Gasteiger partial charge in [-0.05, 0) is 55.5 Å². The van der Waals surface area contributed by atoms with E-state index >= 15 is 0 Å².